The summed E-state index contributed by atoms with van der Waals surface area (Å²) in [6, 6.07) is 1.74. The van der Waals surface area contributed by atoms with Crippen molar-refractivity contribution in [2.45, 2.75) is 19.3 Å². The van der Waals surface area contributed by atoms with Crippen LogP contribution in [0.4, 0.5) is 0 Å². The monoisotopic (exact) mass is 214 g/mol. The summed E-state index contributed by atoms with van der Waals surface area (Å²) in [5.41, 5.74) is 2.37. The Morgan fingerprint density at radius 1 is 1.31 bits per heavy atom. The van der Waals surface area contributed by atoms with Gasteiger partial charge in [0.1, 0.15) is 12.0 Å². The summed E-state index contributed by atoms with van der Waals surface area (Å²) < 4.78 is 0. The SMILES string of the molecule is O=c1[nH]c(-c2ccncn2)nc2c1CCC2. The second-order valence-electron chi connectivity index (χ2n) is 3.79. The van der Waals surface area contributed by atoms with Crippen LogP contribution in [0, 0.1) is 0 Å². The largest absolute Gasteiger partial charge is 0.305 e. The van der Waals surface area contributed by atoms with E-state index in [2.05, 4.69) is 19.9 Å². The number of aromatic nitrogens is 4. The molecule has 0 radical (unpaired) electrons. The fourth-order valence-corrected chi connectivity index (χ4v) is 1.99. The fourth-order valence-electron chi connectivity index (χ4n) is 1.99. The molecule has 1 aliphatic rings. The van der Waals surface area contributed by atoms with Gasteiger partial charge in [0.2, 0.25) is 0 Å². The van der Waals surface area contributed by atoms with Gasteiger partial charge >= 0.3 is 0 Å². The lowest BCUT2D eigenvalue weighted by Crippen LogP contribution is -2.15. The van der Waals surface area contributed by atoms with Gasteiger partial charge in [-0.15, -0.1) is 0 Å². The van der Waals surface area contributed by atoms with Gasteiger partial charge in [0.25, 0.3) is 5.56 Å². The van der Waals surface area contributed by atoms with Crippen molar-refractivity contribution in [3.8, 4) is 11.5 Å². The van der Waals surface area contributed by atoms with Gasteiger partial charge in [0, 0.05) is 11.8 Å². The Bertz CT molecular complexity index is 576. The normalized spacial score (nSPS) is 13.8. The first-order valence-electron chi connectivity index (χ1n) is 5.23. The topological polar surface area (TPSA) is 71.5 Å². The Labute approximate surface area is 91.6 Å². The van der Waals surface area contributed by atoms with Crippen molar-refractivity contribution in [2.24, 2.45) is 0 Å². The molecule has 3 rings (SSSR count). The first-order valence-corrected chi connectivity index (χ1v) is 5.23. The maximum Gasteiger partial charge on any atom is 0.254 e. The van der Waals surface area contributed by atoms with Crippen molar-refractivity contribution in [1.82, 2.24) is 19.9 Å². The molecule has 0 atom stereocenters. The summed E-state index contributed by atoms with van der Waals surface area (Å²) in [6.45, 7) is 0. The molecule has 0 saturated heterocycles. The molecule has 2 aromatic heterocycles. The first kappa shape index (κ1) is 9.21. The molecule has 2 aromatic rings. The van der Waals surface area contributed by atoms with E-state index in [1.54, 1.807) is 12.3 Å². The fraction of sp³-hybridized carbons (Fsp3) is 0.273. The van der Waals surface area contributed by atoms with Crippen LogP contribution in [-0.4, -0.2) is 19.9 Å². The number of aromatic amines is 1. The molecule has 16 heavy (non-hydrogen) atoms. The third-order valence-electron chi connectivity index (χ3n) is 2.77. The molecule has 0 bridgehead atoms. The zero-order valence-electron chi connectivity index (χ0n) is 8.60. The highest BCUT2D eigenvalue weighted by atomic mass is 16.1. The Kier molecular flexibility index (Phi) is 2.02. The molecule has 0 saturated carbocycles. The lowest BCUT2D eigenvalue weighted by Gasteiger charge is -2.02. The van der Waals surface area contributed by atoms with Gasteiger partial charge in [-0.3, -0.25) is 4.79 Å². The number of aryl methyl sites for hydroxylation is 1. The molecule has 0 fully saturated rings. The zero-order valence-corrected chi connectivity index (χ0v) is 8.60. The Morgan fingerprint density at radius 3 is 3.06 bits per heavy atom. The summed E-state index contributed by atoms with van der Waals surface area (Å²) >= 11 is 0. The summed E-state index contributed by atoms with van der Waals surface area (Å²) in [7, 11) is 0. The van der Waals surface area contributed by atoms with Gasteiger partial charge in [-0.2, -0.15) is 0 Å². The van der Waals surface area contributed by atoms with Crippen LogP contribution >= 0.6 is 0 Å². The number of nitrogens with zero attached hydrogens (tertiary/aromatic N) is 3. The highest BCUT2D eigenvalue weighted by Crippen LogP contribution is 2.18. The Hall–Kier alpha value is -2.04. The maximum absolute atomic E-state index is 11.8. The van der Waals surface area contributed by atoms with E-state index in [9.17, 15) is 4.79 Å². The minimum atomic E-state index is -0.0314. The molecule has 5 nitrogen and oxygen atoms in total. The smallest absolute Gasteiger partial charge is 0.254 e. The number of H-pyrrole nitrogens is 1. The van der Waals surface area contributed by atoms with Crippen LogP contribution in [0.5, 0.6) is 0 Å². The lowest BCUT2D eigenvalue weighted by atomic mass is 10.2. The van der Waals surface area contributed by atoms with Gasteiger partial charge in [0.15, 0.2) is 5.82 Å². The van der Waals surface area contributed by atoms with E-state index in [0.717, 1.165) is 30.5 Å². The molecule has 80 valence electrons. The molecule has 1 N–H and O–H groups in total. The van der Waals surface area contributed by atoms with Gasteiger partial charge in [0.05, 0.1) is 5.69 Å². The van der Waals surface area contributed by atoms with Crippen LogP contribution in [0.1, 0.15) is 17.7 Å². The van der Waals surface area contributed by atoms with Crippen LogP contribution < -0.4 is 5.56 Å². The van der Waals surface area contributed by atoms with Crippen molar-refractivity contribution in [3.63, 3.8) is 0 Å². The average Bonchev–Trinajstić information content (AvgIpc) is 2.79. The molecule has 5 heteroatoms. The van der Waals surface area contributed by atoms with Gasteiger partial charge in [-0.05, 0) is 25.3 Å². The molecule has 0 aromatic carbocycles. The van der Waals surface area contributed by atoms with Crippen LogP contribution in [0.2, 0.25) is 0 Å². The number of hydrogen-bond donors (Lipinski definition) is 1. The molecule has 0 spiro atoms. The highest BCUT2D eigenvalue weighted by molar-refractivity contribution is 5.48. The number of fused-ring (bicyclic) bond motifs is 1. The number of hydrogen-bond acceptors (Lipinski definition) is 4. The molecular formula is C11H10N4O. The summed E-state index contributed by atoms with van der Waals surface area (Å²) in [5.74, 6) is 0.535. The highest BCUT2D eigenvalue weighted by Gasteiger charge is 2.17. The second kappa shape index (κ2) is 3.52. The predicted molar refractivity (Wildman–Crippen MR) is 57.9 cm³/mol. The van der Waals surface area contributed by atoms with Crippen LogP contribution in [-0.2, 0) is 12.8 Å². The van der Waals surface area contributed by atoms with Gasteiger partial charge < -0.3 is 4.98 Å². The van der Waals surface area contributed by atoms with Crippen LogP contribution in [0.25, 0.3) is 11.5 Å². The van der Waals surface area contributed by atoms with E-state index >= 15 is 0 Å². The Balaban J connectivity index is 2.17. The summed E-state index contributed by atoms with van der Waals surface area (Å²) in [5, 5.41) is 0. The van der Waals surface area contributed by atoms with Crippen molar-refractivity contribution in [2.75, 3.05) is 0 Å². The number of rotatable bonds is 1. The Morgan fingerprint density at radius 2 is 2.25 bits per heavy atom. The second-order valence-corrected chi connectivity index (χ2v) is 3.79. The van der Waals surface area contributed by atoms with Crippen molar-refractivity contribution >= 4 is 0 Å². The van der Waals surface area contributed by atoms with E-state index in [0.29, 0.717) is 11.5 Å². The van der Waals surface area contributed by atoms with Crippen molar-refractivity contribution < 1.29 is 0 Å². The molecule has 0 amide bonds. The summed E-state index contributed by atoms with van der Waals surface area (Å²) in [6.07, 6.45) is 5.82. The van der Waals surface area contributed by atoms with E-state index < -0.39 is 0 Å². The standard InChI is InChI=1S/C11H10N4O/c16-11-7-2-1-3-8(7)14-10(15-11)9-4-5-12-6-13-9/h4-6H,1-3H2,(H,14,15,16). The van der Waals surface area contributed by atoms with Crippen LogP contribution in [0.15, 0.2) is 23.4 Å². The minimum absolute atomic E-state index is 0.0314. The van der Waals surface area contributed by atoms with Gasteiger partial charge in [-0.1, -0.05) is 0 Å². The quantitative estimate of drug-likeness (QED) is 0.759. The lowest BCUT2D eigenvalue weighted by molar-refractivity contribution is 0.898. The molecule has 2 heterocycles. The first-order chi connectivity index (χ1) is 7.84. The minimum Gasteiger partial charge on any atom is -0.305 e. The third kappa shape index (κ3) is 1.41. The van der Waals surface area contributed by atoms with Crippen LogP contribution in [0.3, 0.4) is 0 Å². The summed E-state index contributed by atoms with van der Waals surface area (Å²) in [4.78, 5) is 26.9. The van der Waals surface area contributed by atoms with E-state index in [4.69, 9.17) is 0 Å². The van der Waals surface area contributed by atoms with E-state index in [1.807, 2.05) is 0 Å². The molecule has 0 aliphatic heterocycles. The average molecular weight is 214 g/mol. The molecule has 0 unspecified atom stereocenters. The predicted octanol–water partition coefficient (Wildman–Crippen LogP) is 0.716. The van der Waals surface area contributed by atoms with E-state index in [-0.39, 0.29) is 5.56 Å². The third-order valence-corrected chi connectivity index (χ3v) is 2.77. The van der Waals surface area contributed by atoms with E-state index in [1.165, 1.54) is 6.33 Å². The molecule has 1 aliphatic carbocycles. The maximum atomic E-state index is 11.8. The number of nitrogens with one attached hydrogen (secondary N) is 1. The zero-order chi connectivity index (χ0) is 11.0. The molecular weight excluding hydrogens is 204 g/mol. The van der Waals surface area contributed by atoms with Gasteiger partial charge in [-0.25, -0.2) is 15.0 Å². The van der Waals surface area contributed by atoms with Crippen molar-refractivity contribution in [1.29, 1.82) is 0 Å². The van der Waals surface area contributed by atoms with Crippen molar-refractivity contribution in [3.05, 3.63) is 40.2 Å².